The zero-order valence-electron chi connectivity index (χ0n) is 31.7. The second-order valence-electron chi connectivity index (χ2n) is 13.1. The number of methoxy groups -OCH3 is 1. The summed E-state index contributed by atoms with van der Waals surface area (Å²) in [5.41, 5.74) is -2.54. The smallest absolute Gasteiger partial charge is 0.418 e. The number of alkyl carbamates (subject to hydrolysis) is 1. The maximum absolute atomic E-state index is 13.7. The van der Waals surface area contributed by atoms with Crippen LogP contribution in [0.3, 0.4) is 0 Å². The molecule has 0 saturated carbocycles. The van der Waals surface area contributed by atoms with E-state index in [0.29, 0.717) is 23.3 Å². The van der Waals surface area contributed by atoms with Crippen LogP contribution in [0.2, 0.25) is 0 Å². The second-order valence-corrected chi connectivity index (χ2v) is 15.2. The number of aromatic carboxylic acids is 1. The first-order chi connectivity index (χ1) is 27.8. The number of aromatic hydroxyl groups is 2. The zero-order valence-corrected chi connectivity index (χ0v) is 33.3. The number of phenols is 2. The van der Waals surface area contributed by atoms with Crippen molar-refractivity contribution in [1.82, 2.24) is 21.3 Å². The number of alkyl halides is 6. The van der Waals surface area contributed by atoms with Crippen molar-refractivity contribution >= 4 is 58.4 Å². The Labute approximate surface area is 351 Å². The van der Waals surface area contributed by atoms with Gasteiger partial charge in [-0.05, 0) is 68.3 Å². The van der Waals surface area contributed by atoms with Gasteiger partial charge >= 0.3 is 30.4 Å². The first kappa shape index (κ1) is 50.8. The van der Waals surface area contributed by atoms with Gasteiger partial charge in [0.25, 0.3) is 17.7 Å². The minimum Gasteiger partial charge on any atom is -0.508 e. The topological polar surface area (TPSA) is 230 Å². The average Bonchev–Trinajstić information content (AvgIpc) is 3.81. The molecule has 2 heterocycles. The van der Waals surface area contributed by atoms with E-state index in [1.54, 1.807) is 39.0 Å². The van der Waals surface area contributed by atoms with Crippen LogP contribution in [0.25, 0.3) is 0 Å². The number of nitrogens with one attached hydrogen (secondary N) is 4. The molecule has 61 heavy (non-hydrogen) atoms. The maximum Gasteiger partial charge on any atom is 0.418 e. The Balaban J connectivity index is 0.000000458. The third-order valence-electron chi connectivity index (χ3n) is 7.29. The standard InChI is InChI=1S/C23H26F3N3O7S.C14H10F3NO4S.CH4/c1-22(2,3)36-21(34)28-11-15(20(33)35-4)29-19(32)17-14(23(24,25)26)9-16(37-17)18(31)27-10-12-6-5-7-13(30)8-12;15-14(16,17)9-5-10(23-11(9)13(21)22)12(20)18-6-7-2-1-3-8(19)4-7;/h5-9,15,30H,10-11H2,1-4H3,(H,27,31)(H,28,34)(H,29,32);1-5,19H,6H2,(H,18,20)(H,21,22);1H4/t15-;;/m0../s1. The number of rotatable bonds is 12. The third-order valence-corrected chi connectivity index (χ3v) is 9.55. The molecule has 4 rings (SSSR count). The van der Waals surface area contributed by atoms with Crippen LogP contribution in [0.15, 0.2) is 60.7 Å². The van der Waals surface area contributed by atoms with Crippen molar-refractivity contribution in [2.45, 2.75) is 65.3 Å². The number of esters is 1. The molecule has 332 valence electrons. The van der Waals surface area contributed by atoms with Crippen LogP contribution in [-0.2, 0) is 39.7 Å². The minimum atomic E-state index is -4.98. The number of hydrogen-bond acceptors (Lipinski definition) is 12. The summed E-state index contributed by atoms with van der Waals surface area (Å²) in [6.07, 6.45) is -10.8. The summed E-state index contributed by atoms with van der Waals surface area (Å²) in [6.45, 7) is 4.15. The van der Waals surface area contributed by atoms with E-state index in [4.69, 9.17) is 9.84 Å². The summed E-state index contributed by atoms with van der Waals surface area (Å²) in [4.78, 5) is 69.4. The molecular weight excluding hydrogens is 867 g/mol. The lowest BCUT2D eigenvalue weighted by atomic mass is 10.2. The summed E-state index contributed by atoms with van der Waals surface area (Å²) in [6, 6.07) is 11.4. The lowest BCUT2D eigenvalue weighted by Crippen LogP contribution is -2.49. The molecule has 1 atom stereocenters. The quantitative estimate of drug-likeness (QED) is 0.0569. The highest BCUT2D eigenvalue weighted by atomic mass is 32.1. The Morgan fingerprint density at radius 3 is 1.51 bits per heavy atom. The number of carbonyl (C=O) groups excluding carboxylic acids is 5. The van der Waals surface area contributed by atoms with Crippen LogP contribution in [-0.4, -0.2) is 76.4 Å². The van der Waals surface area contributed by atoms with Gasteiger partial charge < -0.3 is 46.1 Å². The number of carboxylic acid groups (broad SMARTS) is 1. The first-order valence-electron chi connectivity index (χ1n) is 16.9. The number of thiophene rings is 2. The van der Waals surface area contributed by atoms with Gasteiger partial charge in [0.05, 0.1) is 34.5 Å². The Bertz CT molecular complexity index is 2220. The normalized spacial score (nSPS) is 11.7. The van der Waals surface area contributed by atoms with Gasteiger partial charge in [-0.3, -0.25) is 14.4 Å². The molecule has 0 aliphatic heterocycles. The molecule has 4 aromatic rings. The van der Waals surface area contributed by atoms with E-state index in [1.807, 2.05) is 0 Å². The fourth-order valence-corrected chi connectivity index (χ4v) is 6.62. The van der Waals surface area contributed by atoms with Crippen LogP contribution < -0.4 is 21.3 Å². The van der Waals surface area contributed by atoms with Crippen molar-refractivity contribution in [3.8, 4) is 11.5 Å². The van der Waals surface area contributed by atoms with Gasteiger partial charge in [0.1, 0.15) is 32.9 Å². The highest BCUT2D eigenvalue weighted by molar-refractivity contribution is 7.16. The summed E-state index contributed by atoms with van der Waals surface area (Å²) >= 11 is 0.537. The molecule has 0 aliphatic carbocycles. The molecule has 0 fully saturated rings. The number of hydrogen-bond donors (Lipinski definition) is 7. The van der Waals surface area contributed by atoms with Gasteiger partial charge in [0.15, 0.2) is 0 Å². The lowest BCUT2D eigenvalue weighted by molar-refractivity contribution is -0.142. The zero-order chi connectivity index (χ0) is 45.2. The summed E-state index contributed by atoms with van der Waals surface area (Å²) in [7, 11) is 0.996. The van der Waals surface area contributed by atoms with E-state index in [1.165, 1.54) is 30.3 Å². The Morgan fingerprint density at radius 1 is 0.689 bits per heavy atom. The molecule has 15 nitrogen and oxygen atoms in total. The van der Waals surface area contributed by atoms with Gasteiger partial charge in [-0.25, -0.2) is 14.4 Å². The molecule has 2 aromatic heterocycles. The van der Waals surface area contributed by atoms with Crippen molar-refractivity contribution in [3.63, 3.8) is 0 Å². The lowest BCUT2D eigenvalue weighted by Gasteiger charge is -2.21. The van der Waals surface area contributed by atoms with Crippen LogP contribution in [0.1, 0.15) is 89.1 Å². The van der Waals surface area contributed by atoms with Crippen LogP contribution >= 0.6 is 22.7 Å². The molecule has 0 saturated heterocycles. The number of carboxylic acids is 1. The largest absolute Gasteiger partial charge is 0.508 e. The van der Waals surface area contributed by atoms with Gasteiger partial charge in [-0.15, -0.1) is 22.7 Å². The highest BCUT2D eigenvalue weighted by Gasteiger charge is 2.40. The summed E-state index contributed by atoms with van der Waals surface area (Å²) in [5, 5.41) is 36.7. The Morgan fingerprint density at radius 2 is 1.13 bits per heavy atom. The fraction of sp³-hybridized carbons (Fsp3) is 0.316. The molecule has 0 spiro atoms. The number of phenolic OH excluding ortho intramolecular Hbond substituents is 2. The van der Waals surface area contributed by atoms with Crippen LogP contribution in [0.4, 0.5) is 31.1 Å². The molecule has 4 amide bonds. The van der Waals surface area contributed by atoms with Crippen LogP contribution in [0.5, 0.6) is 11.5 Å². The molecule has 2 aromatic carbocycles. The van der Waals surface area contributed by atoms with Crippen molar-refractivity contribution in [1.29, 1.82) is 0 Å². The molecule has 0 bridgehead atoms. The van der Waals surface area contributed by atoms with E-state index in [-0.39, 0.29) is 59.6 Å². The number of benzene rings is 2. The van der Waals surface area contributed by atoms with Crippen molar-refractivity contribution in [2.24, 2.45) is 0 Å². The molecule has 0 unspecified atom stereocenters. The molecular formula is C38H40F6N4O11S2. The molecule has 0 aliphatic rings. The van der Waals surface area contributed by atoms with E-state index in [2.05, 4.69) is 26.0 Å². The summed E-state index contributed by atoms with van der Waals surface area (Å²) in [5.74, 6) is -5.84. The number of carbonyl (C=O) groups is 6. The Kier molecular flexibility index (Phi) is 17.7. The number of amides is 4. The Hall–Kier alpha value is -6.36. The number of ether oxygens (including phenoxy) is 2. The SMILES string of the molecule is C.COC(=O)[C@H](CNC(=O)OC(C)(C)C)NC(=O)c1sc(C(=O)NCc2cccc(O)c2)cc1C(F)(F)F.O=C(NCc1cccc(O)c1)c1cc(C(F)(F)F)c(C(=O)O)s1. The second kappa shape index (κ2) is 21.2. The third kappa shape index (κ3) is 15.6. The van der Waals surface area contributed by atoms with Crippen molar-refractivity contribution in [2.75, 3.05) is 13.7 Å². The fourth-order valence-electron chi connectivity index (χ4n) is 4.69. The van der Waals surface area contributed by atoms with E-state index in [0.717, 1.165) is 7.11 Å². The first-order valence-corrected chi connectivity index (χ1v) is 18.6. The number of halogens is 6. The van der Waals surface area contributed by atoms with Gasteiger partial charge in [-0.2, -0.15) is 26.3 Å². The van der Waals surface area contributed by atoms with E-state index < -0.39 is 92.1 Å². The van der Waals surface area contributed by atoms with Crippen molar-refractivity contribution < 1.29 is 79.9 Å². The predicted octanol–water partition coefficient (Wildman–Crippen LogP) is 6.94. The van der Waals surface area contributed by atoms with Crippen molar-refractivity contribution in [3.05, 3.63) is 102 Å². The molecule has 0 radical (unpaired) electrons. The minimum absolute atomic E-state index is 0. The van der Waals surface area contributed by atoms with Crippen LogP contribution in [0, 0.1) is 0 Å². The van der Waals surface area contributed by atoms with Gasteiger partial charge in [-0.1, -0.05) is 31.7 Å². The molecule has 7 N–H and O–H groups in total. The van der Waals surface area contributed by atoms with E-state index in [9.17, 15) is 65.3 Å². The predicted molar refractivity (Wildman–Crippen MR) is 208 cm³/mol. The monoisotopic (exact) mass is 906 g/mol. The van der Waals surface area contributed by atoms with E-state index >= 15 is 0 Å². The highest BCUT2D eigenvalue weighted by Crippen LogP contribution is 2.38. The van der Waals surface area contributed by atoms with Gasteiger partial charge in [0, 0.05) is 13.1 Å². The maximum atomic E-state index is 13.7. The average molecular weight is 907 g/mol. The summed E-state index contributed by atoms with van der Waals surface area (Å²) < 4.78 is 88.8. The van der Waals surface area contributed by atoms with Gasteiger partial charge in [0.2, 0.25) is 0 Å². The molecule has 23 heteroatoms.